The van der Waals surface area contributed by atoms with E-state index in [-0.39, 0.29) is 16.7 Å². The van der Waals surface area contributed by atoms with Crippen LogP contribution in [0.4, 0.5) is 0 Å². The first-order chi connectivity index (χ1) is 12.0. The molecule has 26 heavy (non-hydrogen) atoms. The number of ketones is 2. The second kappa shape index (κ2) is 7.44. The Morgan fingerprint density at radius 3 is 2.23 bits per heavy atom. The van der Waals surface area contributed by atoms with Gasteiger partial charge in [0, 0.05) is 12.3 Å². The van der Waals surface area contributed by atoms with Gasteiger partial charge in [0.25, 0.3) is 0 Å². The van der Waals surface area contributed by atoms with Crippen molar-refractivity contribution in [3.8, 4) is 0 Å². The zero-order valence-corrected chi connectivity index (χ0v) is 18.2. The van der Waals surface area contributed by atoms with Crippen LogP contribution in [0.1, 0.15) is 87.5 Å². The third-order valence-corrected chi connectivity index (χ3v) is 8.53. The van der Waals surface area contributed by atoms with Gasteiger partial charge in [-0.15, -0.1) is 0 Å². The van der Waals surface area contributed by atoms with Gasteiger partial charge in [0.15, 0.2) is 11.6 Å². The third-order valence-electron chi connectivity index (χ3n) is 8.53. The summed E-state index contributed by atoms with van der Waals surface area (Å²) in [5.41, 5.74) is 3.66. The minimum Gasteiger partial charge on any atom is -0.295 e. The summed E-state index contributed by atoms with van der Waals surface area (Å²) in [5, 5.41) is 0. The molecule has 2 heteroatoms. The van der Waals surface area contributed by atoms with Gasteiger partial charge in [0.2, 0.25) is 0 Å². The number of hydrogen-bond donors (Lipinski definition) is 0. The number of carbonyl (C=O) groups is 2. The highest BCUT2D eigenvalue weighted by Crippen LogP contribution is 2.49. The zero-order chi connectivity index (χ0) is 19.9. The minimum atomic E-state index is 0.0461. The van der Waals surface area contributed by atoms with Gasteiger partial charge in [-0.25, -0.2) is 0 Å². The first-order valence-corrected chi connectivity index (χ1v) is 10.4. The lowest BCUT2D eigenvalue weighted by molar-refractivity contribution is -0.123. The van der Waals surface area contributed by atoms with Crippen molar-refractivity contribution < 1.29 is 9.59 Å². The molecule has 5 unspecified atom stereocenters. The van der Waals surface area contributed by atoms with E-state index in [9.17, 15) is 9.59 Å². The molecule has 0 spiro atoms. The van der Waals surface area contributed by atoms with Gasteiger partial charge < -0.3 is 0 Å². The Labute approximate surface area is 160 Å². The standard InChI is InChI=1S/C24H38O2/c1-9-24(8)18(5)20(13-21(25)19(24)6)11-10-12-23(7)14-22(26)16(3)15(2)17(23)4/h13,17-19H,9-12,14H2,1-8H3. The van der Waals surface area contributed by atoms with E-state index in [0.29, 0.717) is 29.8 Å². The monoisotopic (exact) mass is 358 g/mol. The van der Waals surface area contributed by atoms with Crippen LogP contribution in [0, 0.1) is 28.6 Å². The highest BCUT2D eigenvalue weighted by molar-refractivity contribution is 5.97. The van der Waals surface area contributed by atoms with E-state index in [1.165, 1.54) is 11.1 Å². The van der Waals surface area contributed by atoms with Crippen LogP contribution in [-0.4, -0.2) is 11.6 Å². The van der Waals surface area contributed by atoms with Crippen LogP contribution in [0.2, 0.25) is 0 Å². The van der Waals surface area contributed by atoms with Crippen molar-refractivity contribution >= 4 is 11.6 Å². The van der Waals surface area contributed by atoms with E-state index < -0.39 is 0 Å². The van der Waals surface area contributed by atoms with E-state index in [1.807, 2.05) is 13.0 Å². The molecule has 0 aromatic rings. The Bertz CT molecular complexity index is 653. The molecule has 0 saturated carbocycles. The van der Waals surface area contributed by atoms with Crippen LogP contribution in [-0.2, 0) is 9.59 Å². The summed E-state index contributed by atoms with van der Waals surface area (Å²) in [7, 11) is 0. The van der Waals surface area contributed by atoms with Crippen LogP contribution < -0.4 is 0 Å². The fourth-order valence-corrected chi connectivity index (χ4v) is 5.18. The summed E-state index contributed by atoms with van der Waals surface area (Å²) in [6.45, 7) is 17.5. The molecular formula is C24H38O2. The van der Waals surface area contributed by atoms with Crippen LogP contribution in [0.3, 0.4) is 0 Å². The van der Waals surface area contributed by atoms with Gasteiger partial charge in [0.1, 0.15) is 0 Å². The summed E-state index contributed by atoms with van der Waals surface area (Å²) in [5.74, 6) is 1.61. The smallest absolute Gasteiger partial charge is 0.159 e. The Kier molecular flexibility index (Phi) is 6.05. The molecule has 2 nitrogen and oxygen atoms in total. The van der Waals surface area contributed by atoms with Gasteiger partial charge >= 0.3 is 0 Å². The van der Waals surface area contributed by atoms with E-state index in [4.69, 9.17) is 0 Å². The molecular weight excluding hydrogens is 320 g/mol. The van der Waals surface area contributed by atoms with Crippen LogP contribution in [0.15, 0.2) is 22.8 Å². The summed E-state index contributed by atoms with van der Waals surface area (Å²) in [6.07, 6.45) is 6.70. The van der Waals surface area contributed by atoms with E-state index in [2.05, 4.69) is 48.5 Å². The summed E-state index contributed by atoms with van der Waals surface area (Å²) < 4.78 is 0. The molecule has 2 aliphatic carbocycles. The quantitative estimate of drug-likeness (QED) is 0.577. The van der Waals surface area contributed by atoms with Crippen LogP contribution >= 0.6 is 0 Å². The Hall–Kier alpha value is -1.18. The SMILES string of the molecule is CCC1(C)C(C)C(=O)C=C(CCCC2(C)CC(=O)C(C)=C(C)C2C)C1C. The second-order valence-corrected chi connectivity index (χ2v) is 9.56. The molecule has 0 aliphatic heterocycles. The van der Waals surface area contributed by atoms with Gasteiger partial charge in [-0.1, -0.05) is 52.7 Å². The maximum atomic E-state index is 12.5. The molecule has 2 aliphatic rings. The lowest BCUT2D eigenvalue weighted by Gasteiger charge is -2.44. The van der Waals surface area contributed by atoms with Crippen molar-refractivity contribution in [1.29, 1.82) is 0 Å². The predicted octanol–water partition coefficient (Wildman–Crippen LogP) is 6.31. The topological polar surface area (TPSA) is 34.1 Å². The molecule has 0 N–H and O–H groups in total. The lowest BCUT2D eigenvalue weighted by atomic mass is 9.59. The van der Waals surface area contributed by atoms with Gasteiger partial charge in [-0.2, -0.15) is 0 Å². The van der Waals surface area contributed by atoms with Crippen molar-refractivity contribution in [2.24, 2.45) is 28.6 Å². The van der Waals surface area contributed by atoms with E-state index in [1.54, 1.807) is 0 Å². The molecule has 0 aromatic heterocycles. The first-order valence-electron chi connectivity index (χ1n) is 10.4. The molecule has 0 bridgehead atoms. The van der Waals surface area contributed by atoms with Crippen molar-refractivity contribution in [2.45, 2.75) is 87.5 Å². The first kappa shape index (κ1) is 21.1. The van der Waals surface area contributed by atoms with Crippen molar-refractivity contribution in [3.63, 3.8) is 0 Å². The molecule has 0 radical (unpaired) electrons. The van der Waals surface area contributed by atoms with Crippen molar-refractivity contribution in [2.75, 3.05) is 0 Å². The van der Waals surface area contributed by atoms with Gasteiger partial charge in [-0.3, -0.25) is 9.59 Å². The number of hydrogen-bond acceptors (Lipinski definition) is 2. The average Bonchev–Trinajstić information content (AvgIpc) is 2.60. The van der Waals surface area contributed by atoms with E-state index in [0.717, 1.165) is 31.3 Å². The lowest BCUT2D eigenvalue weighted by Crippen LogP contribution is -2.40. The average molecular weight is 359 g/mol. The molecule has 0 heterocycles. The molecule has 0 amide bonds. The molecule has 0 fully saturated rings. The maximum absolute atomic E-state index is 12.5. The Balaban J connectivity index is 2.09. The summed E-state index contributed by atoms with van der Waals surface area (Å²) in [4.78, 5) is 24.9. The number of Topliss-reactive ketones (excluding diaryl/α,β-unsaturated/α-hetero) is 1. The predicted molar refractivity (Wildman–Crippen MR) is 109 cm³/mol. The molecule has 2 rings (SSSR count). The number of rotatable bonds is 5. The highest BCUT2D eigenvalue weighted by Gasteiger charge is 2.43. The zero-order valence-electron chi connectivity index (χ0n) is 18.2. The van der Waals surface area contributed by atoms with Crippen molar-refractivity contribution in [3.05, 3.63) is 22.8 Å². The third kappa shape index (κ3) is 3.49. The molecule has 146 valence electrons. The highest BCUT2D eigenvalue weighted by atomic mass is 16.1. The van der Waals surface area contributed by atoms with Crippen molar-refractivity contribution in [1.82, 2.24) is 0 Å². The minimum absolute atomic E-state index is 0.0461. The number of carbonyl (C=O) groups excluding carboxylic acids is 2. The maximum Gasteiger partial charge on any atom is 0.159 e. The summed E-state index contributed by atoms with van der Waals surface area (Å²) in [6, 6.07) is 0. The molecule has 0 aromatic carbocycles. The second-order valence-electron chi connectivity index (χ2n) is 9.56. The fourth-order valence-electron chi connectivity index (χ4n) is 5.18. The van der Waals surface area contributed by atoms with Gasteiger partial charge in [-0.05, 0) is 73.8 Å². The Morgan fingerprint density at radius 2 is 1.65 bits per heavy atom. The summed E-state index contributed by atoms with van der Waals surface area (Å²) >= 11 is 0. The Morgan fingerprint density at radius 1 is 1.04 bits per heavy atom. The van der Waals surface area contributed by atoms with Crippen LogP contribution in [0.5, 0.6) is 0 Å². The largest absolute Gasteiger partial charge is 0.295 e. The van der Waals surface area contributed by atoms with Crippen LogP contribution in [0.25, 0.3) is 0 Å². The van der Waals surface area contributed by atoms with E-state index >= 15 is 0 Å². The normalized spacial score (nSPS) is 38.6. The number of allylic oxidation sites excluding steroid dienone is 4. The molecule has 0 saturated heterocycles. The fraction of sp³-hybridized carbons (Fsp3) is 0.750. The molecule has 5 atom stereocenters. The van der Waals surface area contributed by atoms with Gasteiger partial charge in [0.05, 0.1) is 0 Å².